The van der Waals surface area contributed by atoms with Gasteiger partial charge in [-0.1, -0.05) is 6.07 Å². The van der Waals surface area contributed by atoms with Gasteiger partial charge in [-0.05, 0) is 13.0 Å². The second-order valence-corrected chi connectivity index (χ2v) is 5.05. The molecule has 0 aliphatic heterocycles. The number of rotatable bonds is 4. The lowest BCUT2D eigenvalue weighted by Gasteiger charge is -2.15. The standard InChI is InChI=1S/C14H15FN4O4/c1-8-16-13(11(18(8)3)7-17(2)14(20)21)9-5-4-6-10(12(9)15)19(22)23/h4-6H,7H2,1-3H3,(H,20,21). The number of nitro benzene ring substituents is 1. The van der Waals surface area contributed by atoms with E-state index in [0.717, 1.165) is 11.0 Å². The maximum absolute atomic E-state index is 14.4. The molecule has 2 rings (SSSR count). The zero-order chi connectivity index (χ0) is 17.3. The summed E-state index contributed by atoms with van der Waals surface area (Å²) in [5.41, 5.74) is -0.0360. The van der Waals surface area contributed by atoms with Crippen molar-refractivity contribution in [2.45, 2.75) is 13.5 Å². The molecule has 23 heavy (non-hydrogen) atoms. The van der Waals surface area contributed by atoms with E-state index >= 15 is 0 Å². The number of aromatic nitrogens is 2. The SMILES string of the molecule is Cc1nc(-c2cccc([N+](=O)[O-])c2F)c(CN(C)C(=O)O)n1C. The predicted molar refractivity (Wildman–Crippen MR) is 79.5 cm³/mol. The molecule has 9 heteroatoms. The molecule has 1 heterocycles. The molecule has 1 amide bonds. The number of hydrogen-bond acceptors (Lipinski definition) is 4. The summed E-state index contributed by atoms with van der Waals surface area (Å²) in [5.74, 6) is -0.450. The average Bonchev–Trinajstić information content (AvgIpc) is 2.75. The molecular formula is C14H15FN4O4. The lowest BCUT2D eigenvalue weighted by atomic mass is 10.1. The number of imidazole rings is 1. The molecule has 0 saturated heterocycles. The molecule has 1 N–H and O–H groups in total. The van der Waals surface area contributed by atoms with Crippen LogP contribution in [-0.4, -0.2) is 37.6 Å². The monoisotopic (exact) mass is 322 g/mol. The Balaban J connectivity index is 2.61. The first kappa shape index (κ1) is 16.4. The molecule has 0 radical (unpaired) electrons. The molecule has 122 valence electrons. The smallest absolute Gasteiger partial charge is 0.407 e. The number of amides is 1. The first-order valence-corrected chi connectivity index (χ1v) is 6.63. The van der Waals surface area contributed by atoms with E-state index in [1.807, 2.05) is 0 Å². The summed E-state index contributed by atoms with van der Waals surface area (Å²) < 4.78 is 16.0. The number of nitro groups is 1. The molecule has 2 aromatic rings. The van der Waals surface area contributed by atoms with Crippen molar-refractivity contribution >= 4 is 11.8 Å². The van der Waals surface area contributed by atoms with Crippen LogP contribution in [0.15, 0.2) is 18.2 Å². The Kier molecular flexibility index (Phi) is 4.30. The third-order valence-corrected chi connectivity index (χ3v) is 3.58. The fraction of sp³-hybridized carbons (Fsp3) is 0.286. The fourth-order valence-electron chi connectivity index (χ4n) is 2.19. The van der Waals surface area contributed by atoms with Crippen LogP contribution >= 0.6 is 0 Å². The molecule has 0 aliphatic carbocycles. The van der Waals surface area contributed by atoms with Crippen LogP contribution in [0.4, 0.5) is 14.9 Å². The van der Waals surface area contributed by atoms with E-state index in [9.17, 15) is 19.3 Å². The van der Waals surface area contributed by atoms with Gasteiger partial charge in [0.2, 0.25) is 5.82 Å². The summed E-state index contributed by atoms with van der Waals surface area (Å²) >= 11 is 0. The quantitative estimate of drug-likeness (QED) is 0.688. The van der Waals surface area contributed by atoms with Crippen molar-refractivity contribution < 1.29 is 19.2 Å². The first-order valence-electron chi connectivity index (χ1n) is 6.63. The summed E-state index contributed by atoms with van der Waals surface area (Å²) in [6.45, 7) is 1.66. The minimum absolute atomic E-state index is 0.0237. The number of aryl methyl sites for hydroxylation is 1. The van der Waals surface area contributed by atoms with Gasteiger partial charge in [-0.15, -0.1) is 0 Å². The van der Waals surface area contributed by atoms with Crippen LogP contribution in [0.25, 0.3) is 11.3 Å². The molecule has 0 fully saturated rings. The molecule has 0 saturated carbocycles. The van der Waals surface area contributed by atoms with Gasteiger partial charge in [-0.3, -0.25) is 10.1 Å². The highest BCUT2D eigenvalue weighted by molar-refractivity contribution is 5.68. The van der Waals surface area contributed by atoms with Gasteiger partial charge in [0, 0.05) is 25.7 Å². The number of benzene rings is 1. The van der Waals surface area contributed by atoms with E-state index in [-0.39, 0.29) is 17.8 Å². The lowest BCUT2D eigenvalue weighted by molar-refractivity contribution is -0.387. The Morgan fingerprint density at radius 3 is 2.74 bits per heavy atom. The van der Waals surface area contributed by atoms with Crippen molar-refractivity contribution in [1.29, 1.82) is 0 Å². The normalized spacial score (nSPS) is 10.6. The molecule has 1 aromatic carbocycles. The summed E-state index contributed by atoms with van der Waals surface area (Å²) in [5, 5.41) is 19.9. The molecule has 8 nitrogen and oxygen atoms in total. The number of halogens is 1. The third-order valence-electron chi connectivity index (χ3n) is 3.58. The highest BCUT2D eigenvalue weighted by Gasteiger charge is 2.24. The summed E-state index contributed by atoms with van der Waals surface area (Å²) in [4.78, 5) is 26.3. The van der Waals surface area contributed by atoms with Crippen molar-refractivity contribution in [3.8, 4) is 11.3 Å². The van der Waals surface area contributed by atoms with Crippen molar-refractivity contribution in [2.75, 3.05) is 7.05 Å². The molecule has 1 aromatic heterocycles. The lowest BCUT2D eigenvalue weighted by Crippen LogP contribution is -2.25. The van der Waals surface area contributed by atoms with Crippen molar-refractivity contribution in [3.63, 3.8) is 0 Å². The molecular weight excluding hydrogens is 307 g/mol. The van der Waals surface area contributed by atoms with Crippen molar-refractivity contribution in [3.05, 3.63) is 45.6 Å². The number of nitrogens with zero attached hydrogens (tertiary/aromatic N) is 4. The number of carboxylic acid groups (broad SMARTS) is 1. The van der Waals surface area contributed by atoms with E-state index < -0.39 is 22.5 Å². The molecule has 0 atom stereocenters. The van der Waals surface area contributed by atoms with Gasteiger partial charge in [0.15, 0.2) is 0 Å². The van der Waals surface area contributed by atoms with Gasteiger partial charge in [0.1, 0.15) is 5.82 Å². The van der Waals surface area contributed by atoms with Crippen LogP contribution in [0.1, 0.15) is 11.5 Å². The van der Waals surface area contributed by atoms with Crippen LogP contribution in [0, 0.1) is 22.9 Å². The first-order chi connectivity index (χ1) is 10.7. The maximum atomic E-state index is 14.4. The van der Waals surface area contributed by atoms with Crippen LogP contribution in [0.2, 0.25) is 0 Å². The van der Waals surface area contributed by atoms with Crippen molar-refractivity contribution in [2.24, 2.45) is 7.05 Å². The topological polar surface area (TPSA) is 102 Å². The van der Waals surface area contributed by atoms with Gasteiger partial charge < -0.3 is 14.6 Å². The van der Waals surface area contributed by atoms with E-state index in [0.29, 0.717) is 11.5 Å². The number of carbonyl (C=O) groups is 1. The summed E-state index contributed by atoms with van der Waals surface area (Å²) in [6, 6.07) is 3.82. The zero-order valence-electron chi connectivity index (χ0n) is 12.8. The van der Waals surface area contributed by atoms with Crippen LogP contribution in [-0.2, 0) is 13.6 Å². The van der Waals surface area contributed by atoms with Crippen LogP contribution in [0.3, 0.4) is 0 Å². The summed E-state index contributed by atoms with van der Waals surface area (Å²) in [6.07, 6.45) is -1.14. The second-order valence-electron chi connectivity index (χ2n) is 5.05. The van der Waals surface area contributed by atoms with Gasteiger partial charge in [0.25, 0.3) is 0 Å². The fourth-order valence-corrected chi connectivity index (χ4v) is 2.19. The van der Waals surface area contributed by atoms with Crippen LogP contribution < -0.4 is 0 Å². The van der Waals surface area contributed by atoms with E-state index in [1.54, 1.807) is 18.5 Å². The minimum Gasteiger partial charge on any atom is -0.465 e. The van der Waals surface area contributed by atoms with Crippen molar-refractivity contribution in [1.82, 2.24) is 14.5 Å². The van der Waals surface area contributed by atoms with E-state index in [4.69, 9.17) is 5.11 Å². The summed E-state index contributed by atoms with van der Waals surface area (Å²) in [7, 11) is 3.05. The Labute approximate surface area is 130 Å². The molecule has 0 spiro atoms. The van der Waals surface area contributed by atoms with Crippen LogP contribution in [0.5, 0.6) is 0 Å². The minimum atomic E-state index is -1.14. The maximum Gasteiger partial charge on any atom is 0.407 e. The van der Waals surface area contributed by atoms with E-state index in [2.05, 4.69) is 4.98 Å². The third kappa shape index (κ3) is 2.98. The zero-order valence-corrected chi connectivity index (χ0v) is 12.8. The highest BCUT2D eigenvalue weighted by Crippen LogP contribution is 2.31. The Morgan fingerprint density at radius 1 is 1.52 bits per heavy atom. The average molecular weight is 322 g/mol. The predicted octanol–water partition coefficient (Wildman–Crippen LogP) is 2.55. The number of hydrogen-bond donors (Lipinski definition) is 1. The van der Waals surface area contributed by atoms with E-state index in [1.165, 1.54) is 19.2 Å². The molecule has 0 aliphatic rings. The van der Waals surface area contributed by atoms with Gasteiger partial charge >= 0.3 is 11.8 Å². The second kappa shape index (κ2) is 6.03. The van der Waals surface area contributed by atoms with Gasteiger partial charge in [-0.2, -0.15) is 4.39 Å². The van der Waals surface area contributed by atoms with Gasteiger partial charge in [-0.25, -0.2) is 9.78 Å². The highest BCUT2D eigenvalue weighted by atomic mass is 19.1. The Morgan fingerprint density at radius 2 is 2.17 bits per heavy atom. The van der Waals surface area contributed by atoms with Gasteiger partial charge in [0.05, 0.1) is 22.9 Å². The molecule has 0 unspecified atom stereocenters. The Hall–Kier alpha value is -2.97. The largest absolute Gasteiger partial charge is 0.465 e. The molecule has 0 bridgehead atoms. The Bertz CT molecular complexity index is 787.